The molecule has 0 radical (unpaired) electrons. The molecule has 0 bridgehead atoms. The van der Waals surface area contributed by atoms with E-state index in [4.69, 9.17) is 14.2 Å². The maximum Gasteiger partial charge on any atom is 0.336 e. The van der Waals surface area contributed by atoms with Crippen LogP contribution in [0.3, 0.4) is 0 Å². The highest BCUT2D eigenvalue weighted by atomic mass is 16.5. The number of ether oxygens (including phenoxy) is 3. The molecule has 7 heteroatoms. The SMILES string of the molecule is CCCCCCCCCCCCOc1ccc(/C=C/C(=O)Oc2ccc(C=Nc3ccc(N=Nc4ccc(OCCCCCCCCCC)cc4)cc3)cc2)cc1. The minimum Gasteiger partial charge on any atom is -0.494 e. The molecule has 4 rings (SSSR count). The number of rotatable bonds is 29. The monoisotopic (exact) mass is 771 g/mol. The van der Waals surface area contributed by atoms with Gasteiger partial charge in [-0.15, -0.1) is 0 Å². The van der Waals surface area contributed by atoms with E-state index in [1.165, 1.54) is 109 Å². The van der Waals surface area contributed by atoms with Gasteiger partial charge < -0.3 is 14.2 Å². The fourth-order valence-corrected chi connectivity index (χ4v) is 6.30. The average molecular weight is 772 g/mol. The van der Waals surface area contributed by atoms with Crippen LogP contribution < -0.4 is 14.2 Å². The molecule has 0 saturated carbocycles. The first-order valence-electron chi connectivity index (χ1n) is 21.6. The lowest BCUT2D eigenvalue weighted by molar-refractivity contribution is -0.128. The number of carbonyl (C=O) groups is 1. The number of azo groups is 1. The predicted octanol–water partition coefficient (Wildman–Crippen LogP) is 15.3. The molecule has 0 heterocycles. The topological polar surface area (TPSA) is 81.8 Å². The first-order valence-corrected chi connectivity index (χ1v) is 21.6. The maximum absolute atomic E-state index is 12.5. The van der Waals surface area contributed by atoms with Crippen LogP contribution in [0.2, 0.25) is 0 Å². The highest BCUT2D eigenvalue weighted by Gasteiger charge is 2.03. The van der Waals surface area contributed by atoms with Gasteiger partial charge in [-0.1, -0.05) is 129 Å². The van der Waals surface area contributed by atoms with Gasteiger partial charge in [0.05, 0.1) is 30.3 Å². The van der Waals surface area contributed by atoms with E-state index in [0.717, 1.165) is 65.7 Å². The van der Waals surface area contributed by atoms with Gasteiger partial charge in [-0.2, -0.15) is 10.2 Å². The van der Waals surface area contributed by atoms with Gasteiger partial charge in [0, 0.05) is 12.3 Å². The summed E-state index contributed by atoms with van der Waals surface area (Å²) >= 11 is 0. The molecule has 0 amide bonds. The number of aliphatic imine (C=N–C) groups is 1. The third kappa shape index (κ3) is 20.1. The number of nitrogens with zero attached hydrogens (tertiary/aromatic N) is 3. The van der Waals surface area contributed by atoms with E-state index in [1.54, 1.807) is 24.4 Å². The summed E-state index contributed by atoms with van der Waals surface area (Å²) in [7, 11) is 0. The Hall–Kier alpha value is -5.04. The Balaban J connectivity index is 1.09. The number of unbranched alkanes of at least 4 members (excludes halogenated alkanes) is 16. The Morgan fingerprint density at radius 3 is 1.33 bits per heavy atom. The first kappa shape index (κ1) is 44.7. The van der Waals surface area contributed by atoms with Crippen LogP contribution in [0.15, 0.2) is 118 Å². The standard InChI is InChI=1S/C50H65N3O4/c1-3-5-7-9-11-13-14-16-18-19-39-55-47-32-21-42(22-33-47)25-38-50(54)57-49-34-23-43(24-35-49)41-51-44-26-28-45(29-27-44)52-53-46-30-36-48(37-31-46)56-40-20-17-15-12-10-8-6-4-2/h21-38,41H,3-20,39-40H2,1-2H3/b38-25+,51-41?,53-52?. The zero-order valence-corrected chi connectivity index (χ0v) is 34.6. The molecule has 0 atom stereocenters. The zero-order valence-electron chi connectivity index (χ0n) is 34.6. The van der Waals surface area contributed by atoms with E-state index in [9.17, 15) is 4.79 Å². The molecule has 0 aliphatic carbocycles. The molecule has 4 aromatic carbocycles. The van der Waals surface area contributed by atoms with Gasteiger partial charge in [-0.25, -0.2) is 4.79 Å². The summed E-state index contributed by atoms with van der Waals surface area (Å²) in [6.45, 7) is 6.00. The second-order valence-electron chi connectivity index (χ2n) is 14.7. The lowest BCUT2D eigenvalue weighted by Gasteiger charge is -2.06. The number of hydrogen-bond acceptors (Lipinski definition) is 7. The molecule has 0 spiro atoms. The van der Waals surface area contributed by atoms with Crippen LogP contribution in [0.4, 0.5) is 17.1 Å². The van der Waals surface area contributed by atoms with Crippen molar-refractivity contribution in [3.05, 3.63) is 114 Å². The van der Waals surface area contributed by atoms with Crippen LogP contribution in [-0.2, 0) is 4.79 Å². The molecule has 0 N–H and O–H groups in total. The second-order valence-corrected chi connectivity index (χ2v) is 14.7. The van der Waals surface area contributed by atoms with Crippen molar-refractivity contribution < 1.29 is 19.0 Å². The highest BCUT2D eigenvalue weighted by Crippen LogP contribution is 2.24. The number of benzene rings is 4. The van der Waals surface area contributed by atoms with E-state index in [0.29, 0.717) is 5.75 Å². The summed E-state index contributed by atoms with van der Waals surface area (Å²) < 4.78 is 17.3. The van der Waals surface area contributed by atoms with Gasteiger partial charge in [-0.05, 0) is 115 Å². The van der Waals surface area contributed by atoms with Gasteiger partial charge in [-0.3, -0.25) is 4.99 Å². The first-order chi connectivity index (χ1) is 28.1. The molecule has 0 aliphatic heterocycles. The van der Waals surface area contributed by atoms with Crippen LogP contribution in [0.25, 0.3) is 6.08 Å². The van der Waals surface area contributed by atoms with Crippen molar-refractivity contribution in [1.82, 2.24) is 0 Å². The second kappa shape index (κ2) is 28.4. The fraction of sp³-hybridized carbons (Fsp3) is 0.440. The van der Waals surface area contributed by atoms with Gasteiger partial charge in [0.1, 0.15) is 17.2 Å². The van der Waals surface area contributed by atoms with E-state index in [2.05, 4.69) is 29.1 Å². The van der Waals surface area contributed by atoms with E-state index >= 15 is 0 Å². The molecule has 57 heavy (non-hydrogen) atoms. The Labute approximate surface area is 342 Å². The summed E-state index contributed by atoms with van der Waals surface area (Å²) in [5, 5.41) is 8.73. The number of hydrogen-bond donors (Lipinski definition) is 0. The minimum atomic E-state index is -0.440. The average Bonchev–Trinajstić information content (AvgIpc) is 3.24. The Morgan fingerprint density at radius 1 is 0.456 bits per heavy atom. The Kier molecular flexibility index (Phi) is 22.2. The van der Waals surface area contributed by atoms with Gasteiger partial charge in [0.15, 0.2) is 0 Å². The third-order valence-electron chi connectivity index (χ3n) is 9.75. The van der Waals surface area contributed by atoms with Crippen molar-refractivity contribution in [2.75, 3.05) is 13.2 Å². The summed E-state index contributed by atoms with van der Waals surface area (Å²) in [5.74, 6) is 1.74. The minimum absolute atomic E-state index is 0.440. The van der Waals surface area contributed by atoms with Crippen molar-refractivity contribution in [1.29, 1.82) is 0 Å². The fourth-order valence-electron chi connectivity index (χ4n) is 6.30. The molecule has 0 unspecified atom stereocenters. The quantitative estimate of drug-likeness (QED) is 0.0137. The lowest BCUT2D eigenvalue weighted by atomic mass is 10.1. The number of carbonyl (C=O) groups excluding carboxylic acids is 1. The van der Waals surface area contributed by atoms with Crippen molar-refractivity contribution in [3.63, 3.8) is 0 Å². The zero-order chi connectivity index (χ0) is 40.0. The smallest absolute Gasteiger partial charge is 0.336 e. The summed E-state index contributed by atoms with van der Waals surface area (Å²) in [4.78, 5) is 17.0. The molecule has 0 saturated heterocycles. The normalized spacial score (nSPS) is 11.5. The highest BCUT2D eigenvalue weighted by molar-refractivity contribution is 5.89. The largest absolute Gasteiger partial charge is 0.494 e. The van der Waals surface area contributed by atoms with Crippen LogP contribution in [0, 0.1) is 0 Å². The van der Waals surface area contributed by atoms with Crippen LogP contribution in [0.5, 0.6) is 17.2 Å². The number of esters is 1. The Morgan fingerprint density at radius 2 is 0.842 bits per heavy atom. The van der Waals surface area contributed by atoms with Crippen molar-refractivity contribution in [2.45, 2.75) is 129 Å². The Bertz CT molecular complexity index is 1730. The van der Waals surface area contributed by atoms with Crippen molar-refractivity contribution in [3.8, 4) is 17.2 Å². The van der Waals surface area contributed by atoms with Crippen LogP contribution >= 0.6 is 0 Å². The molecule has 0 aromatic heterocycles. The van der Waals surface area contributed by atoms with E-state index in [1.807, 2.05) is 84.9 Å². The van der Waals surface area contributed by atoms with Crippen molar-refractivity contribution >= 4 is 35.3 Å². The lowest BCUT2D eigenvalue weighted by Crippen LogP contribution is -2.03. The summed E-state index contributed by atoms with van der Waals surface area (Å²) in [5.41, 5.74) is 4.09. The predicted molar refractivity (Wildman–Crippen MR) is 237 cm³/mol. The van der Waals surface area contributed by atoms with E-state index < -0.39 is 5.97 Å². The van der Waals surface area contributed by atoms with E-state index in [-0.39, 0.29) is 0 Å². The van der Waals surface area contributed by atoms with Gasteiger partial charge >= 0.3 is 5.97 Å². The summed E-state index contributed by atoms with van der Waals surface area (Å²) in [6.07, 6.45) is 28.3. The molecule has 304 valence electrons. The van der Waals surface area contributed by atoms with Gasteiger partial charge in [0.2, 0.25) is 0 Å². The maximum atomic E-state index is 12.5. The molecule has 0 aliphatic rings. The van der Waals surface area contributed by atoms with Gasteiger partial charge in [0.25, 0.3) is 0 Å². The molecular weight excluding hydrogens is 707 g/mol. The molecule has 0 fully saturated rings. The van der Waals surface area contributed by atoms with Crippen LogP contribution in [-0.4, -0.2) is 25.4 Å². The van der Waals surface area contributed by atoms with Crippen LogP contribution in [0.1, 0.15) is 141 Å². The summed E-state index contributed by atoms with van der Waals surface area (Å²) in [6, 6.07) is 30.3. The molecular formula is C50H65N3O4. The van der Waals surface area contributed by atoms with Crippen molar-refractivity contribution in [2.24, 2.45) is 15.2 Å². The molecule has 7 nitrogen and oxygen atoms in total. The molecule has 4 aromatic rings. The third-order valence-corrected chi connectivity index (χ3v) is 9.75.